The predicted molar refractivity (Wildman–Crippen MR) is 112 cm³/mol. The number of benzene rings is 1. The molecule has 1 aliphatic rings. The summed E-state index contributed by atoms with van der Waals surface area (Å²) in [5, 5.41) is 8.16. The van der Waals surface area contributed by atoms with Crippen LogP contribution in [0.1, 0.15) is 37.3 Å². The number of morpholine rings is 1. The maximum absolute atomic E-state index is 8.16. The zero-order chi connectivity index (χ0) is 18.9. The Kier molecular flexibility index (Phi) is 7.17. The fraction of sp³-hybridized carbons (Fsp3) is 0.391. The predicted octanol–water partition coefficient (Wildman–Crippen LogP) is 4.80. The molecule has 0 bridgehead atoms. The van der Waals surface area contributed by atoms with E-state index in [1.165, 1.54) is 24.8 Å². The number of unbranched alkanes of at least 4 members (excludes halogenated alkanes) is 2. The molecular formula is C23H29N3O. The molecule has 0 unspecified atom stereocenters. The van der Waals surface area contributed by atoms with Crippen molar-refractivity contribution < 1.29 is 4.74 Å². The first-order chi connectivity index (χ1) is 13.3. The van der Waals surface area contributed by atoms with Crippen LogP contribution in [-0.2, 0) is 11.2 Å². The zero-order valence-electron chi connectivity index (χ0n) is 16.2. The molecule has 1 aromatic heterocycles. The fourth-order valence-electron chi connectivity index (χ4n) is 3.17. The van der Waals surface area contributed by atoms with Gasteiger partial charge in [-0.1, -0.05) is 56.2 Å². The highest BCUT2D eigenvalue weighted by molar-refractivity contribution is 5.94. The van der Waals surface area contributed by atoms with Crippen LogP contribution >= 0.6 is 0 Å². The van der Waals surface area contributed by atoms with Gasteiger partial charge in [0.25, 0.3) is 0 Å². The van der Waals surface area contributed by atoms with Gasteiger partial charge < -0.3 is 9.64 Å². The van der Waals surface area contributed by atoms with Gasteiger partial charge in [0.15, 0.2) is 0 Å². The van der Waals surface area contributed by atoms with Crippen molar-refractivity contribution in [2.45, 2.75) is 32.6 Å². The minimum atomic E-state index is 0.544. The van der Waals surface area contributed by atoms with Gasteiger partial charge in [-0.05, 0) is 36.1 Å². The molecule has 2 heterocycles. The van der Waals surface area contributed by atoms with Crippen molar-refractivity contribution in [3.63, 3.8) is 0 Å². The molecule has 142 valence electrons. The molecule has 1 aromatic carbocycles. The molecule has 1 fully saturated rings. The lowest BCUT2D eigenvalue weighted by atomic mass is 10.1. The van der Waals surface area contributed by atoms with Crippen LogP contribution in [0.3, 0.4) is 0 Å². The van der Waals surface area contributed by atoms with Crippen molar-refractivity contribution in [1.29, 1.82) is 5.41 Å². The van der Waals surface area contributed by atoms with Gasteiger partial charge in [0, 0.05) is 24.8 Å². The number of nitrogens with one attached hydrogen (secondary N) is 1. The average Bonchev–Trinajstić information content (AvgIpc) is 2.74. The number of hydrogen-bond donors (Lipinski definition) is 1. The molecule has 0 atom stereocenters. The lowest BCUT2D eigenvalue weighted by Crippen LogP contribution is -2.39. The van der Waals surface area contributed by atoms with Crippen molar-refractivity contribution in [3.05, 3.63) is 59.8 Å². The Morgan fingerprint density at radius 3 is 2.56 bits per heavy atom. The number of amidine groups is 1. The van der Waals surface area contributed by atoms with Gasteiger partial charge in [0.2, 0.25) is 0 Å². The van der Waals surface area contributed by atoms with Gasteiger partial charge in [-0.2, -0.15) is 0 Å². The standard InChI is InChI=1S/C23H29N3O/c1-2-3-4-5-20-8-12-22(25-18-20)21-10-6-19(7-11-21)9-13-23(24)26-14-16-27-17-15-26/h6-13,18,24H,2-5,14-17H2,1H3/b13-9+,24-23?. The van der Waals surface area contributed by atoms with Crippen LogP contribution in [-0.4, -0.2) is 42.0 Å². The van der Waals surface area contributed by atoms with E-state index < -0.39 is 0 Å². The van der Waals surface area contributed by atoms with Crippen molar-refractivity contribution in [2.75, 3.05) is 26.3 Å². The Morgan fingerprint density at radius 1 is 1.11 bits per heavy atom. The number of pyridine rings is 1. The second kappa shape index (κ2) is 10.0. The number of rotatable bonds is 7. The normalized spacial score (nSPS) is 14.6. The lowest BCUT2D eigenvalue weighted by Gasteiger charge is -2.27. The molecule has 0 amide bonds. The third kappa shape index (κ3) is 5.76. The van der Waals surface area contributed by atoms with Crippen molar-refractivity contribution in [3.8, 4) is 11.3 Å². The van der Waals surface area contributed by atoms with E-state index in [1.54, 1.807) is 0 Å². The molecule has 0 saturated carbocycles. The first kappa shape index (κ1) is 19.3. The molecule has 0 aliphatic carbocycles. The number of aromatic nitrogens is 1. The van der Waals surface area contributed by atoms with E-state index in [-0.39, 0.29) is 0 Å². The van der Waals surface area contributed by atoms with E-state index in [4.69, 9.17) is 10.1 Å². The molecule has 3 rings (SSSR count). The Balaban J connectivity index is 1.58. The summed E-state index contributed by atoms with van der Waals surface area (Å²) in [7, 11) is 0. The molecule has 4 nitrogen and oxygen atoms in total. The number of nitrogens with zero attached hydrogens (tertiary/aromatic N) is 2. The van der Waals surface area contributed by atoms with Gasteiger partial charge >= 0.3 is 0 Å². The van der Waals surface area contributed by atoms with Gasteiger partial charge in [0.1, 0.15) is 5.84 Å². The smallest absolute Gasteiger partial charge is 0.120 e. The highest BCUT2D eigenvalue weighted by atomic mass is 16.5. The second-order valence-electron chi connectivity index (χ2n) is 6.95. The Morgan fingerprint density at radius 2 is 1.89 bits per heavy atom. The van der Waals surface area contributed by atoms with Gasteiger partial charge in [-0.15, -0.1) is 0 Å². The number of aryl methyl sites for hydroxylation is 1. The van der Waals surface area contributed by atoms with Crippen LogP contribution in [0.2, 0.25) is 0 Å². The summed E-state index contributed by atoms with van der Waals surface area (Å²) < 4.78 is 5.33. The van der Waals surface area contributed by atoms with Crippen LogP contribution in [0.25, 0.3) is 17.3 Å². The summed E-state index contributed by atoms with van der Waals surface area (Å²) in [6, 6.07) is 12.6. The van der Waals surface area contributed by atoms with E-state index in [1.807, 2.05) is 23.2 Å². The molecule has 4 heteroatoms. The first-order valence-corrected chi connectivity index (χ1v) is 9.91. The SMILES string of the molecule is CCCCCc1ccc(-c2ccc(/C=C/C(=N)N3CCOCC3)cc2)nc1. The van der Waals surface area contributed by atoms with Crippen LogP contribution in [0.4, 0.5) is 0 Å². The number of ether oxygens (including phenoxy) is 1. The highest BCUT2D eigenvalue weighted by Crippen LogP contribution is 2.19. The lowest BCUT2D eigenvalue weighted by molar-refractivity contribution is 0.0681. The summed E-state index contributed by atoms with van der Waals surface area (Å²) in [4.78, 5) is 6.66. The molecule has 1 aliphatic heterocycles. The monoisotopic (exact) mass is 363 g/mol. The molecular weight excluding hydrogens is 334 g/mol. The van der Waals surface area contributed by atoms with E-state index in [0.29, 0.717) is 19.0 Å². The van der Waals surface area contributed by atoms with E-state index >= 15 is 0 Å². The second-order valence-corrected chi connectivity index (χ2v) is 6.95. The first-order valence-electron chi connectivity index (χ1n) is 9.91. The fourth-order valence-corrected chi connectivity index (χ4v) is 3.17. The minimum absolute atomic E-state index is 0.544. The number of hydrogen-bond acceptors (Lipinski definition) is 3. The topological polar surface area (TPSA) is 49.2 Å². The largest absolute Gasteiger partial charge is 0.378 e. The third-order valence-electron chi connectivity index (χ3n) is 4.89. The summed E-state index contributed by atoms with van der Waals surface area (Å²) in [6.45, 7) is 5.22. The quantitative estimate of drug-likeness (QED) is 0.436. The third-order valence-corrected chi connectivity index (χ3v) is 4.89. The zero-order valence-corrected chi connectivity index (χ0v) is 16.2. The summed E-state index contributed by atoms with van der Waals surface area (Å²) in [6.07, 6.45) is 10.7. The van der Waals surface area contributed by atoms with Gasteiger partial charge in [0.05, 0.1) is 18.9 Å². The van der Waals surface area contributed by atoms with Crippen LogP contribution in [0.15, 0.2) is 48.7 Å². The summed E-state index contributed by atoms with van der Waals surface area (Å²) in [5.74, 6) is 0.544. The molecule has 0 spiro atoms. The Bertz CT molecular complexity index is 744. The van der Waals surface area contributed by atoms with E-state index in [0.717, 1.165) is 36.3 Å². The highest BCUT2D eigenvalue weighted by Gasteiger charge is 2.11. The van der Waals surface area contributed by atoms with E-state index in [9.17, 15) is 0 Å². The van der Waals surface area contributed by atoms with Crippen LogP contribution in [0.5, 0.6) is 0 Å². The molecule has 2 aromatic rings. The van der Waals surface area contributed by atoms with Crippen LogP contribution in [0, 0.1) is 5.41 Å². The molecule has 27 heavy (non-hydrogen) atoms. The maximum atomic E-state index is 8.16. The molecule has 1 saturated heterocycles. The van der Waals surface area contributed by atoms with E-state index in [2.05, 4.69) is 48.3 Å². The van der Waals surface area contributed by atoms with Crippen molar-refractivity contribution >= 4 is 11.9 Å². The average molecular weight is 364 g/mol. The minimum Gasteiger partial charge on any atom is -0.378 e. The summed E-state index contributed by atoms with van der Waals surface area (Å²) >= 11 is 0. The van der Waals surface area contributed by atoms with Crippen molar-refractivity contribution in [1.82, 2.24) is 9.88 Å². The molecule has 1 N–H and O–H groups in total. The Hall–Kier alpha value is -2.46. The Labute approximate surface area is 162 Å². The summed E-state index contributed by atoms with van der Waals surface area (Å²) in [5.41, 5.74) is 4.53. The van der Waals surface area contributed by atoms with Crippen LogP contribution < -0.4 is 0 Å². The van der Waals surface area contributed by atoms with Gasteiger partial charge in [-0.25, -0.2) is 0 Å². The van der Waals surface area contributed by atoms with Gasteiger partial charge in [-0.3, -0.25) is 10.4 Å². The molecule has 0 radical (unpaired) electrons. The van der Waals surface area contributed by atoms with Crippen molar-refractivity contribution in [2.24, 2.45) is 0 Å². The maximum Gasteiger partial charge on any atom is 0.120 e.